The largest absolute Gasteiger partial charge is 0.497 e. The molecule has 10 heteroatoms. The molecule has 1 heterocycles. The Morgan fingerprint density at radius 2 is 1.76 bits per heavy atom. The molecule has 2 saturated carbocycles. The summed E-state index contributed by atoms with van der Waals surface area (Å²) in [6, 6.07) is 6.33. The molecule has 2 fully saturated rings. The van der Waals surface area contributed by atoms with Crippen molar-refractivity contribution in [3.05, 3.63) is 36.1 Å². The van der Waals surface area contributed by atoms with E-state index in [9.17, 15) is 18.3 Å². The summed E-state index contributed by atoms with van der Waals surface area (Å²) >= 11 is 0. The van der Waals surface area contributed by atoms with Crippen LogP contribution in [0, 0.1) is 11.8 Å². The van der Waals surface area contributed by atoms with Gasteiger partial charge in [0, 0.05) is 25.6 Å². The van der Waals surface area contributed by atoms with E-state index in [1.165, 1.54) is 36.4 Å². The van der Waals surface area contributed by atoms with Crippen LogP contribution in [0.25, 0.3) is 0 Å². The van der Waals surface area contributed by atoms with Gasteiger partial charge in [0.05, 0.1) is 25.2 Å². The van der Waals surface area contributed by atoms with Crippen molar-refractivity contribution in [2.45, 2.75) is 75.0 Å². The van der Waals surface area contributed by atoms with Gasteiger partial charge in [-0.1, -0.05) is 25.7 Å². The van der Waals surface area contributed by atoms with Gasteiger partial charge in [0.15, 0.2) is 5.76 Å². The van der Waals surface area contributed by atoms with E-state index in [0.717, 1.165) is 38.5 Å². The predicted octanol–water partition coefficient (Wildman–Crippen LogP) is 3.19. The molecule has 1 amide bonds. The molecule has 3 aliphatic rings. The standard InChI is InChI=1S/C27H40N2O7S/c1-34-23-10-12-24(13-11-23)37(32,33)29(14-16-30)15-17-35-26-19-21(20-6-2-3-7-20)18-25(36-26)27(31)28-22-8-4-5-9-22/h10-13,18,20-22,26,30H,2-9,14-17,19H2,1H3,(H,28,31)/t21-,26+/m0/s1. The zero-order valence-corrected chi connectivity index (χ0v) is 22.5. The highest BCUT2D eigenvalue weighted by molar-refractivity contribution is 7.89. The number of amides is 1. The summed E-state index contributed by atoms with van der Waals surface area (Å²) in [5.41, 5.74) is 0. The van der Waals surface area contributed by atoms with E-state index in [0.29, 0.717) is 23.8 Å². The number of aliphatic hydroxyl groups excluding tert-OH is 1. The Labute approximate surface area is 220 Å². The van der Waals surface area contributed by atoms with Crippen LogP contribution in [0.2, 0.25) is 0 Å². The molecule has 0 unspecified atom stereocenters. The third-order valence-corrected chi connectivity index (χ3v) is 9.61. The molecule has 0 spiro atoms. The minimum absolute atomic E-state index is 0.0518. The van der Waals surface area contributed by atoms with Crippen LogP contribution in [0.1, 0.15) is 57.8 Å². The van der Waals surface area contributed by atoms with E-state index in [2.05, 4.69) is 5.32 Å². The average molecular weight is 537 g/mol. The third-order valence-electron chi connectivity index (χ3n) is 7.70. The van der Waals surface area contributed by atoms with E-state index in [-0.39, 0.29) is 49.1 Å². The molecule has 37 heavy (non-hydrogen) atoms. The van der Waals surface area contributed by atoms with Gasteiger partial charge >= 0.3 is 0 Å². The van der Waals surface area contributed by atoms with Crippen molar-refractivity contribution in [3.63, 3.8) is 0 Å². The van der Waals surface area contributed by atoms with Crippen molar-refractivity contribution < 1.29 is 32.5 Å². The van der Waals surface area contributed by atoms with Crippen molar-refractivity contribution >= 4 is 15.9 Å². The number of sulfonamides is 1. The number of hydrogen-bond acceptors (Lipinski definition) is 7. The number of nitrogens with one attached hydrogen (secondary N) is 1. The summed E-state index contributed by atoms with van der Waals surface area (Å²) in [7, 11) is -2.31. The van der Waals surface area contributed by atoms with Crippen LogP contribution in [0.4, 0.5) is 0 Å². The molecule has 2 aliphatic carbocycles. The van der Waals surface area contributed by atoms with Crippen LogP contribution in [0.5, 0.6) is 5.75 Å². The maximum atomic E-state index is 13.2. The maximum Gasteiger partial charge on any atom is 0.286 e. The Hall–Kier alpha value is -2.14. The first-order valence-electron chi connectivity index (χ1n) is 13.5. The molecule has 0 bridgehead atoms. The van der Waals surface area contributed by atoms with Crippen molar-refractivity contribution in [2.24, 2.45) is 11.8 Å². The van der Waals surface area contributed by atoms with Crippen LogP contribution in [0.15, 0.2) is 41.0 Å². The molecular formula is C27H40N2O7S. The van der Waals surface area contributed by atoms with E-state index in [4.69, 9.17) is 14.2 Å². The fourth-order valence-corrected chi connectivity index (χ4v) is 7.05. The van der Waals surface area contributed by atoms with Gasteiger partial charge in [-0.05, 0) is 67.9 Å². The lowest BCUT2D eigenvalue weighted by Gasteiger charge is -2.32. The molecule has 2 N–H and O–H groups in total. The normalized spacial score (nSPS) is 23.2. The zero-order valence-electron chi connectivity index (χ0n) is 21.6. The molecule has 1 aromatic rings. The molecule has 0 saturated heterocycles. The lowest BCUT2D eigenvalue weighted by Crippen LogP contribution is -2.40. The average Bonchev–Trinajstić information content (AvgIpc) is 3.63. The summed E-state index contributed by atoms with van der Waals surface area (Å²) < 4.78 is 44.6. The highest BCUT2D eigenvalue weighted by Crippen LogP contribution is 2.38. The Kier molecular flexibility index (Phi) is 9.86. The maximum absolute atomic E-state index is 13.2. The Bertz CT molecular complexity index is 1020. The number of carbonyl (C=O) groups is 1. The molecule has 206 valence electrons. The van der Waals surface area contributed by atoms with Gasteiger partial charge in [0.2, 0.25) is 16.3 Å². The summed E-state index contributed by atoms with van der Waals surface area (Å²) in [5.74, 6) is 1.39. The summed E-state index contributed by atoms with van der Waals surface area (Å²) in [6.45, 7) is -0.235. The molecule has 2 atom stereocenters. The minimum Gasteiger partial charge on any atom is -0.497 e. The Morgan fingerprint density at radius 1 is 1.08 bits per heavy atom. The number of aliphatic hydroxyl groups is 1. The number of rotatable bonds is 12. The second kappa shape index (κ2) is 13.1. The topological polar surface area (TPSA) is 114 Å². The summed E-state index contributed by atoms with van der Waals surface area (Å²) in [5, 5.41) is 12.6. The van der Waals surface area contributed by atoms with E-state index in [1.54, 1.807) is 12.1 Å². The lowest BCUT2D eigenvalue weighted by atomic mass is 9.86. The third kappa shape index (κ3) is 7.25. The summed E-state index contributed by atoms with van der Waals surface area (Å²) in [6.07, 6.45) is 10.9. The molecule has 1 aliphatic heterocycles. The zero-order chi connectivity index (χ0) is 26.3. The van der Waals surface area contributed by atoms with Gasteiger partial charge < -0.3 is 24.6 Å². The monoisotopic (exact) mass is 536 g/mol. The van der Waals surface area contributed by atoms with E-state index >= 15 is 0 Å². The quantitative estimate of drug-likeness (QED) is 0.422. The van der Waals surface area contributed by atoms with Gasteiger partial charge in [-0.3, -0.25) is 4.79 Å². The van der Waals surface area contributed by atoms with E-state index < -0.39 is 16.3 Å². The van der Waals surface area contributed by atoms with Crippen molar-refractivity contribution in [1.82, 2.24) is 9.62 Å². The number of carbonyl (C=O) groups excluding carboxylic acids is 1. The van der Waals surface area contributed by atoms with Crippen LogP contribution < -0.4 is 10.1 Å². The number of ether oxygens (including phenoxy) is 3. The van der Waals surface area contributed by atoms with Crippen LogP contribution in [-0.2, 0) is 24.3 Å². The second-order valence-electron chi connectivity index (χ2n) is 10.2. The highest BCUT2D eigenvalue weighted by Gasteiger charge is 2.34. The molecule has 9 nitrogen and oxygen atoms in total. The number of hydrogen-bond donors (Lipinski definition) is 2. The first-order valence-corrected chi connectivity index (χ1v) is 14.9. The number of benzene rings is 1. The summed E-state index contributed by atoms with van der Waals surface area (Å²) in [4.78, 5) is 13.1. The first-order chi connectivity index (χ1) is 17.9. The minimum atomic E-state index is -3.83. The van der Waals surface area contributed by atoms with Crippen LogP contribution in [-0.4, -0.2) is 69.5 Å². The van der Waals surface area contributed by atoms with Gasteiger partial charge in [-0.25, -0.2) is 8.42 Å². The Balaban J connectivity index is 1.39. The van der Waals surface area contributed by atoms with Crippen molar-refractivity contribution in [1.29, 1.82) is 0 Å². The first kappa shape index (κ1) is 27.9. The molecule has 0 radical (unpaired) electrons. The molecule has 1 aromatic carbocycles. The van der Waals surface area contributed by atoms with E-state index in [1.807, 2.05) is 6.08 Å². The fraction of sp³-hybridized carbons (Fsp3) is 0.667. The van der Waals surface area contributed by atoms with Gasteiger partial charge in [0.25, 0.3) is 5.91 Å². The smallest absolute Gasteiger partial charge is 0.286 e. The Morgan fingerprint density at radius 3 is 2.41 bits per heavy atom. The van der Waals surface area contributed by atoms with Gasteiger partial charge in [-0.2, -0.15) is 4.31 Å². The van der Waals surface area contributed by atoms with Gasteiger partial charge in [-0.15, -0.1) is 0 Å². The second-order valence-corrected chi connectivity index (χ2v) is 12.1. The molecule has 4 rings (SSSR count). The van der Waals surface area contributed by atoms with Crippen LogP contribution in [0.3, 0.4) is 0 Å². The van der Waals surface area contributed by atoms with Crippen LogP contribution >= 0.6 is 0 Å². The van der Waals surface area contributed by atoms with Crippen molar-refractivity contribution in [2.75, 3.05) is 33.4 Å². The molecule has 0 aromatic heterocycles. The highest BCUT2D eigenvalue weighted by atomic mass is 32.2. The molecular weight excluding hydrogens is 496 g/mol. The predicted molar refractivity (Wildman–Crippen MR) is 138 cm³/mol. The van der Waals surface area contributed by atoms with Gasteiger partial charge in [0.1, 0.15) is 5.75 Å². The van der Waals surface area contributed by atoms with Crippen molar-refractivity contribution in [3.8, 4) is 5.75 Å². The lowest BCUT2D eigenvalue weighted by molar-refractivity contribution is -0.151. The number of allylic oxidation sites excluding steroid dienone is 1. The number of methoxy groups -OCH3 is 1. The number of nitrogens with zero attached hydrogens (tertiary/aromatic N) is 1. The fourth-order valence-electron chi connectivity index (χ4n) is 5.63. The SMILES string of the molecule is COc1ccc(S(=O)(=O)N(CCO)CCO[C@H]2C[C@@H](C3CCCC3)C=C(C(=O)NC3CCCC3)O2)cc1.